The number of hydrogen-bond donors (Lipinski definition) is 1. The molecule has 0 radical (unpaired) electrons. The van der Waals surface area contributed by atoms with E-state index in [4.69, 9.17) is 4.74 Å². The molecule has 0 spiro atoms. The van der Waals surface area contributed by atoms with Gasteiger partial charge in [0, 0.05) is 6.04 Å². The fourth-order valence-corrected chi connectivity index (χ4v) is 3.33. The number of ether oxygens (including phenoxy) is 1. The summed E-state index contributed by atoms with van der Waals surface area (Å²) >= 11 is 0. The smallest absolute Gasteiger partial charge is 1.00 e. The van der Waals surface area contributed by atoms with Gasteiger partial charge in [0.05, 0.1) is 19.8 Å². The first-order chi connectivity index (χ1) is 13.6. The molecule has 1 unspecified atom stereocenters. The van der Waals surface area contributed by atoms with Crippen molar-refractivity contribution in [2.75, 3.05) is 33.0 Å². The first-order valence-electron chi connectivity index (χ1n) is 11.1. The van der Waals surface area contributed by atoms with Gasteiger partial charge < -0.3 is 11.5 Å². The van der Waals surface area contributed by atoms with Gasteiger partial charge in [-0.2, -0.15) is 8.42 Å². The summed E-state index contributed by atoms with van der Waals surface area (Å²) in [6.45, 7) is 7.79. The van der Waals surface area contributed by atoms with Crippen LogP contribution in [0.5, 0.6) is 0 Å². The number of nitrogens with one attached hydrogen (secondary N) is 1. The first-order valence-corrected chi connectivity index (χ1v) is 12.4. The number of hydrogen-bond acceptors (Lipinski definition) is 7. The molecule has 0 bridgehead atoms. The molecule has 172 valence electrons. The van der Waals surface area contributed by atoms with Crippen LogP contribution in [0.2, 0.25) is 0 Å². The molecular formula is C20H44NNaO6S. The Bertz CT molecular complexity index is 432. The molecule has 0 amide bonds. The summed E-state index contributed by atoms with van der Waals surface area (Å²) in [6.07, 6.45) is 14.4. The first kappa shape index (κ1) is 31.9. The van der Waals surface area contributed by atoms with Crippen LogP contribution in [0.1, 0.15) is 92.8 Å². The van der Waals surface area contributed by atoms with E-state index in [9.17, 15) is 8.42 Å². The Morgan fingerprint density at radius 3 is 2.00 bits per heavy atom. The standard InChI is InChI=1S/C20H43NO6S.Na.H/c1-4-7-8-9-10-11-12-13-14-15-16-21-20(5-2)19-24-17-18-25-27-28(22,23)26-6-3;;/h20-21H,4-19H2,1-3H3;;/q;+1;-1. The van der Waals surface area contributed by atoms with Gasteiger partial charge in [-0.1, -0.05) is 76.0 Å². The maximum atomic E-state index is 11.1. The minimum atomic E-state index is -4.06. The zero-order valence-corrected chi connectivity index (χ0v) is 22.1. The maximum Gasteiger partial charge on any atom is 1.00 e. The van der Waals surface area contributed by atoms with E-state index in [1.54, 1.807) is 6.92 Å². The van der Waals surface area contributed by atoms with Gasteiger partial charge in [-0.15, -0.1) is 0 Å². The van der Waals surface area contributed by atoms with Crippen LogP contribution in [0.15, 0.2) is 0 Å². The van der Waals surface area contributed by atoms with E-state index in [2.05, 4.69) is 32.6 Å². The molecule has 0 rings (SSSR count). The second kappa shape index (κ2) is 23.4. The van der Waals surface area contributed by atoms with E-state index in [1.807, 2.05) is 0 Å². The number of rotatable bonds is 22. The Kier molecular flexibility index (Phi) is 25.8. The predicted octanol–water partition coefficient (Wildman–Crippen LogP) is 1.64. The molecule has 0 aliphatic carbocycles. The van der Waals surface area contributed by atoms with Crippen molar-refractivity contribution in [1.29, 1.82) is 0 Å². The molecule has 0 fully saturated rings. The van der Waals surface area contributed by atoms with Crippen LogP contribution in [-0.4, -0.2) is 47.4 Å². The molecular weight excluding hydrogens is 405 g/mol. The quantitative estimate of drug-likeness (QED) is 0.116. The largest absolute Gasteiger partial charge is 1.00 e. The van der Waals surface area contributed by atoms with E-state index in [0.717, 1.165) is 13.0 Å². The van der Waals surface area contributed by atoms with E-state index in [0.29, 0.717) is 12.6 Å². The molecule has 0 saturated heterocycles. The molecule has 0 aliphatic rings. The minimum absolute atomic E-state index is 0. The summed E-state index contributed by atoms with van der Waals surface area (Å²) in [7, 11) is -4.06. The van der Waals surface area contributed by atoms with Crippen molar-refractivity contribution in [3.63, 3.8) is 0 Å². The minimum Gasteiger partial charge on any atom is -1.00 e. The Labute approximate surface area is 203 Å². The van der Waals surface area contributed by atoms with Crippen LogP contribution in [0.25, 0.3) is 0 Å². The van der Waals surface area contributed by atoms with Crippen LogP contribution in [-0.2, 0) is 28.5 Å². The summed E-state index contributed by atoms with van der Waals surface area (Å²) in [6, 6.07) is 0.298. The normalized spacial score (nSPS) is 12.7. The molecule has 0 saturated carbocycles. The SMILES string of the molecule is CCCCCCCCCCCCNC(CC)COCCOOS(=O)(=O)OCC.[H-].[Na+]. The molecule has 7 nitrogen and oxygen atoms in total. The Hall–Kier alpha value is 0.750. The monoisotopic (exact) mass is 449 g/mol. The Morgan fingerprint density at radius 1 is 0.862 bits per heavy atom. The Morgan fingerprint density at radius 2 is 1.45 bits per heavy atom. The molecule has 29 heavy (non-hydrogen) atoms. The van der Waals surface area contributed by atoms with Gasteiger partial charge in [0.1, 0.15) is 6.61 Å². The van der Waals surface area contributed by atoms with E-state index >= 15 is 0 Å². The van der Waals surface area contributed by atoms with Crippen molar-refractivity contribution in [1.82, 2.24) is 5.32 Å². The van der Waals surface area contributed by atoms with E-state index in [-0.39, 0.29) is 50.8 Å². The zero-order chi connectivity index (χ0) is 20.9. The van der Waals surface area contributed by atoms with Gasteiger partial charge >= 0.3 is 40.0 Å². The summed E-state index contributed by atoms with van der Waals surface area (Å²) in [5, 5.41) is 3.51. The van der Waals surface area contributed by atoms with Crippen molar-refractivity contribution in [2.24, 2.45) is 0 Å². The van der Waals surface area contributed by atoms with Gasteiger partial charge in [-0.25, -0.2) is 9.07 Å². The topological polar surface area (TPSA) is 83.1 Å². The molecule has 1 atom stereocenters. The van der Waals surface area contributed by atoms with Crippen LogP contribution in [0.3, 0.4) is 0 Å². The van der Waals surface area contributed by atoms with Crippen molar-refractivity contribution in [2.45, 2.75) is 97.4 Å². The van der Waals surface area contributed by atoms with E-state index < -0.39 is 10.4 Å². The fourth-order valence-electron chi connectivity index (χ4n) is 2.82. The van der Waals surface area contributed by atoms with Gasteiger partial charge in [-0.05, 0) is 26.3 Å². The maximum absolute atomic E-state index is 11.1. The second-order valence-corrected chi connectivity index (χ2v) is 8.21. The average molecular weight is 450 g/mol. The van der Waals surface area contributed by atoms with Crippen LogP contribution in [0, 0.1) is 0 Å². The molecule has 0 heterocycles. The average Bonchev–Trinajstić information content (AvgIpc) is 2.67. The van der Waals surface area contributed by atoms with Crippen molar-refractivity contribution in [3.05, 3.63) is 0 Å². The van der Waals surface area contributed by atoms with Crippen molar-refractivity contribution >= 4 is 10.4 Å². The van der Waals surface area contributed by atoms with Crippen molar-refractivity contribution < 1.29 is 57.5 Å². The fraction of sp³-hybridized carbons (Fsp3) is 1.00. The third-order valence-corrected chi connectivity index (χ3v) is 5.27. The summed E-state index contributed by atoms with van der Waals surface area (Å²) < 4.78 is 36.2. The van der Waals surface area contributed by atoms with E-state index in [1.165, 1.54) is 64.2 Å². The van der Waals surface area contributed by atoms with Crippen LogP contribution >= 0.6 is 0 Å². The van der Waals surface area contributed by atoms with Gasteiger partial charge in [0.25, 0.3) is 0 Å². The second-order valence-electron chi connectivity index (χ2n) is 7.02. The van der Waals surface area contributed by atoms with Gasteiger partial charge in [0.2, 0.25) is 0 Å². The zero-order valence-electron chi connectivity index (χ0n) is 20.2. The molecule has 0 aliphatic heterocycles. The number of unbranched alkanes of at least 4 members (excludes halogenated alkanes) is 9. The third-order valence-electron chi connectivity index (χ3n) is 4.48. The molecule has 0 aromatic rings. The molecule has 0 aromatic carbocycles. The molecule has 0 aromatic heterocycles. The Balaban J connectivity index is -0.00000364. The summed E-state index contributed by atoms with van der Waals surface area (Å²) in [4.78, 5) is 4.58. The molecule has 1 N–H and O–H groups in total. The van der Waals surface area contributed by atoms with Crippen LogP contribution in [0.4, 0.5) is 0 Å². The van der Waals surface area contributed by atoms with Crippen molar-refractivity contribution in [3.8, 4) is 0 Å². The summed E-state index contributed by atoms with van der Waals surface area (Å²) in [5.41, 5.74) is 0. The van der Waals surface area contributed by atoms with Gasteiger partial charge in [0.15, 0.2) is 0 Å². The molecule has 9 heteroatoms. The van der Waals surface area contributed by atoms with Gasteiger partial charge in [-0.3, -0.25) is 0 Å². The summed E-state index contributed by atoms with van der Waals surface area (Å²) in [5.74, 6) is 0. The predicted molar refractivity (Wildman–Crippen MR) is 113 cm³/mol. The third kappa shape index (κ3) is 23.2. The van der Waals surface area contributed by atoms with Crippen LogP contribution < -0.4 is 34.9 Å².